The third kappa shape index (κ3) is 2.47. The van der Waals surface area contributed by atoms with E-state index in [1.807, 2.05) is 17.7 Å². The van der Waals surface area contributed by atoms with Crippen LogP contribution in [0.1, 0.15) is 24.7 Å². The number of nitrogens with zero attached hydrogens (tertiary/aromatic N) is 2. The molecule has 0 aromatic carbocycles. The summed E-state index contributed by atoms with van der Waals surface area (Å²) in [7, 11) is 0. The largest absolute Gasteiger partial charge is 0.389 e. The second kappa shape index (κ2) is 5.90. The predicted molar refractivity (Wildman–Crippen MR) is 77.4 cm³/mol. The molecule has 1 aromatic heterocycles. The van der Waals surface area contributed by atoms with Crippen molar-refractivity contribution in [3.8, 4) is 0 Å². The molecule has 3 aliphatic rings. The molecule has 4 rings (SSSR count). The van der Waals surface area contributed by atoms with Gasteiger partial charge in [0.15, 0.2) is 6.29 Å². The van der Waals surface area contributed by atoms with Crippen molar-refractivity contribution in [2.24, 2.45) is 0 Å². The number of aliphatic hydroxyl groups excluding tert-OH is 1. The minimum absolute atomic E-state index is 0.0945. The minimum atomic E-state index is -0.568. The molecule has 2 N–H and O–H groups in total. The Balaban J connectivity index is 1.55. The van der Waals surface area contributed by atoms with Gasteiger partial charge in [0, 0.05) is 31.6 Å². The number of nitrogens with one attached hydrogen (secondary N) is 1. The van der Waals surface area contributed by atoms with Crippen LogP contribution in [0, 0.1) is 6.92 Å². The molecule has 0 saturated carbocycles. The molecule has 0 spiro atoms. The molecular weight excluding hydrogens is 286 g/mol. The second-order valence-corrected chi connectivity index (χ2v) is 6.32. The van der Waals surface area contributed by atoms with Gasteiger partial charge in [-0.1, -0.05) is 0 Å². The average molecular weight is 309 g/mol. The van der Waals surface area contributed by atoms with E-state index in [0.29, 0.717) is 12.6 Å². The minimum Gasteiger partial charge on any atom is -0.389 e. The normalized spacial score (nSPS) is 39.3. The van der Waals surface area contributed by atoms with Gasteiger partial charge in [0.2, 0.25) is 0 Å². The quantitative estimate of drug-likeness (QED) is 0.817. The Morgan fingerprint density at radius 1 is 1.36 bits per heavy atom. The van der Waals surface area contributed by atoms with E-state index in [-0.39, 0.29) is 18.2 Å². The number of ether oxygens (including phenoxy) is 3. The molecule has 1 aromatic rings. The van der Waals surface area contributed by atoms with Crippen LogP contribution in [0.5, 0.6) is 0 Å². The first-order valence-corrected chi connectivity index (χ1v) is 8.02. The van der Waals surface area contributed by atoms with Gasteiger partial charge in [0.05, 0.1) is 18.8 Å². The van der Waals surface area contributed by atoms with Gasteiger partial charge >= 0.3 is 0 Å². The molecule has 7 nitrogen and oxygen atoms in total. The Kier molecular flexibility index (Phi) is 3.91. The van der Waals surface area contributed by atoms with Gasteiger partial charge in [0.25, 0.3) is 0 Å². The van der Waals surface area contributed by atoms with Crippen molar-refractivity contribution in [3.63, 3.8) is 0 Å². The molecule has 5 unspecified atom stereocenters. The molecule has 3 fully saturated rings. The van der Waals surface area contributed by atoms with Gasteiger partial charge in [-0.25, -0.2) is 4.98 Å². The summed E-state index contributed by atoms with van der Waals surface area (Å²) in [5, 5.41) is 14.5. The first-order chi connectivity index (χ1) is 10.7. The van der Waals surface area contributed by atoms with Crippen molar-refractivity contribution in [3.05, 3.63) is 18.2 Å². The molecule has 7 heteroatoms. The number of aryl methyl sites for hydroxylation is 1. The van der Waals surface area contributed by atoms with E-state index in [1.54, 1.807) is 6.20 Å². The summed E-state index contributed by atoms with van der Waals surface area (Å²) in [5.74, 6) is 0.853. The summed E-state index contributed by atoms with van der Waals surface area (Å²) in [6.45, 7) is 3.99. The molecule has 22 heavy (non-hydrogen) atoms. The van der Waals surface area contributed by atoms with Crippen LogP contribution in [-0.4, -0.2) is 65.1 Å². The molecule has 4 heterocycles. The Morgan fingerprint density at radius 2 is 2.18 bits per heavy atom. The molecule has 122 valence electrons. The molecule has 3 saturated heterocycles. The van der Waals surface area contributed by atoms with Crippen LogP contribution in [0.2, 0.25) is 0 Å². The number of imidazole rings is 1. The lowest BCUT2D eigenvalue weighted by Crippen LogP contribution is -2.60. The maximum Gasteiger partial charge on any atom is 0.181 e. The summed E-state index contributed by atoms with van der Waals surface area (Å²) < 4.78 is 19.1. The van der Waals surface area contributed by atoms with Crippen molar-refractivity contribution >= 4 is 0 Å². The Bertz CT molecular complexity index is 517. The summed E-state index contributed by atoms with van der Waals surface area (Å²) in [6.07, 6.45) is 4.49. The van der Waals surface area contributed by atoms with Gasteiger partial charge in [-0.15, -0.1) is 0 Å². The highest BCUT2D eigenvalue weighted by Crippen LogP contribution is 2.36. The predicted octanol–water partition coefficient (Wildman–Crippen LogP) is -0.0142. The maximum atomic E-state index is 10.9. The molecule has 0 aliphatic carbocycles. The highest BCUT2D eigenvalue weighted by molar-refractivity contribution is 5.04. The van der Waals surface area contributed by atoms with Crippen molar-refractivity contribution in [1.82, 2.24) is 14.9 Å². The molecule has 3 aliphatic heterocycles. The topological polar surface area (TPSA) is 77.8 Å². The third-order valence-electron chi connectivity index (χ3n) is 4.96. The maximum absolute atomic E-state index is 10.9. The standard InChI is InChI=1S/C15H23N3O4/c1-9-16-4-5-18(9)13-14(19)12(11-8-21-15(13)22-11)17-10-2-6-20-7-3-10/h4-5,10-15,17,19H,2-3,6-8H2,1H3. The molecule has 2 bridgehead atoms. The van der Waals surface area contributed by atoms with E-state index in [0.717, 1.165) is 31.9 Å². The number of aliphatic hydroxyl groups is 1. The zero-order valence-electron chi connectivity index (χ0n) is 12.7. The van der Waals surface area contributed by atoms with Crippen LogP contribution in [0.3, 0.4) is 0 Å². The second-order valence-electron chi connectivity index (χ2n) is 6.32. The van der Waals surface area contributed by atoms with Crippen LogP contribution in [0.15, 0.2) is 12.4 Å². The van der Waals surface area contributed by atoms with Crippen LogP contribution in [0.25, 0.3) is 0 Å². The summed E-state index contributed by atoms with van der Waals surface area (Å²) in [6, 6.07) is -0.0362. The lowest BCUT2D eigenvalue weighted by Gasteiger charge is -2.41. The monoisotopic (exact) mass is 309 g/mol. The number of hydrogen-bond donors (Lipinski definition) is 2. The smallest absolute Gasteiger partial charge is 0.181 e. The van der Waals surface area contributed by atoms with Crippen molar-refractivity contribution in [2.75, 3.05) is 19.8 Å². The van der Waals surface area contributed by atoms with Crippen molar-refractivity contribution in [1.29, 1.82) is 0 Å². The van der Waals surface area contributed by atoms with Gasteiger partial charge in [-0.05, 0) is 19.8 Å². The fourth-order valence-electron chi connectivity index (χ4n) is 3.74. The lowest BCUT2D eigenvalue weighted by molar-refractivity contribution is -0.167. The summed E-state index contributed by atoms with van der Waals surface area (Å²) >= 11 is 0. The third-order valence-corrected chi connectivity index (χ3v) is 4.96. The van der Waals surface area contributed by atoms with Gasteiger partial charge < -0.3 is 29.2 Å². The average Bonchev–Trinajstić information content (AvgIpc) is 3.14. The van der Waals surface area contributed by atoms with E-state index in [4.69, 9.17) is 14.2 Å². The molecule has 5 atom stereocenters. The molecule has 0 radical (unpaired) electrons. The highest BCUT2D eigenvalue weighted by atomic mass is 16.7. The van der Waals surface area contributed by atoms with Crippen LogP contribution in [0.4, 0.5) is 0 Å². The van der Waals surface area contributed by atoms with E-state index < -0.39 is 12.4 Å². The van der Waals surface area contributed by atoms with Gasteiger partial charge in [0.1, 0.15) is 18.0 Å². The zero-order chi connectivity index (χ0) is 15.1. The first-order valence-electron chi connectivity index (χ1n) is 8.02. The van der Waals surface area contributed by atoms with E-state index in [1.165, 1.54) is 0 Å². The number of aromatic nitrogens is 2. The van der Waals surface area contributed by atoms with Gasteiger partial charge in [-0.2, -0.15) is 0 Å². The van der Waals surface area contributed by atoms with Crippen molar-refractivity contribution < 1.29 is 19.3 Å². The fourth-order valence-corrected chi connectivity index (χ4v) is 3.74. The lowest BCUT2D eigenvalue weighted by atomic mass is 9.94. The summed E-state index contributed by atoms with van der Waals surface area (Å²) in [4.78, 5) is 4.25. The van der Waals surface area contributed by atoms with Crippen molar-refractivity contribution in [2.45, 2.75) is 56.4 Å². The van der Waals surface area contributed by atoms with E-state index >= 15 is 0 Å². The van der Waals surface area contributed by atoms with Crippen LogP contribution < -0.4 is 5.32 Å². The Morgan fingerprint density at radius 3 is 2.91 bits per heavy atom. The zero-order valence-corrected chi connectivity index (χ0v) is 12.7. The fraction of sp³-hybridized carbons (Fsp3) is 0.800. The molecule has 0 amide bonds. The Labute approximate surface area is 129 Å². The van der Waals surface area contributed by atoms with Crippen LogP contribution in [-0.2, 0) is 14.2 Å². The van der Waals surface area contributed by atoms with Gasteiger partial charge in [-0.3, -0.25) is 0 Å². The van der Waals surface area contributed by atoms with Crippen LogP contribution >= 0.6 is 0 Å². The first kappa shape index (κ1) is 14.6. The van der Waals surface area contributed by atoms with E-state index in [2.05, 4.69) is 10.3 Å². The highest BCUT2D eigenvalue weighted by Gasteiger charge is 2.51. The Hall–Kier alpha value is -0.990. The number of fused-ring (bicyclic) bond motifs is 2. The van der Waals surface area contributed by atoms with E-state index in [9.17, 15) is 5.11 Å². The number of rotatable bonds is 3. The summed E-state index contributed by atoms with van der Waals surface area (Å²) in [5.41, 5.74) is 0. The SMILES string of the molecule is Cc1nccn1C1C2OCC(O2)C(NC2CCOCC2)C1O. The molecular formula is C15H23N3O4. The number of hydrogen-bond acceptors (Lipinski definition) is 6.